The Balaban J connectivity index is 1.87. The normalized spacial score (nSPS) is 11.7. The predicted octanol–water partition coefficient (Wildman–Crippen LogP) is 4.93. The molecule has 0 aliphatic heterocycles. The van der Waals surface area contributed by atoms with Crippen LogP contribution in [0.15, 0.2) is 78.9 Å². The molecular weight excluding hydrogens is 443 g/mol. The Morgan fingerprint density at radius 2 is 1.51 bits per heavy atom. The van der Waals surface area contributed by atoms with E-state index < -0.39 is 6.04 Å². The Bertz CT molecular complexity index is 1080. The van der Waals surface area contributed by atoms with Gasteiger partial charge in [-0.25, -0.2) is 4.39 Å². The largest absolute Gasteiger partial charge is 0.484 e. The molecule has 0 aliphatic rings. The van der Waals surface area contributed by atoms with E-state index in [2.05, 4.69) is 12.2 Å². The van der Waals surface area contributed by atoms with E-state index in [0.717, 1.165) is 17.5 Å². The fourth-order valence-corrected chi connectivity index (χ4v) is 3.77. The Labute approximate surface area is 206 Å². The first kappa shape index (κ1) is 25.9. The molecule has 0 spiro atoms. The molecule has 0 aromatic heterocycles. The second-order valence-electron chi connectivity index (χ2n) is 8.80. The highest BCUT2D eigenvalue weighted by molar-refractivity contribution is 5.88. The topological polar surface area (TPSA) is 58.6 Å². The Morgan fingerprint density at radius 3 is 2.11 bits per heavy atom. The zero-order valence-electron chi connectivity index (χ0n) is 20.5. The van der Waals surface area contributed by atoms with Crippen molar-refractivity contribution in [3.8, 4) is 5.75 Å². The highest BCUT2D eigenvalue weighted by atomic mass is 19.1. The number of amides is 2. The third-order valence-electron chi connectivity index (χ3n) is 5.66. The van der Waals surface area contributed by atoms with Crippen molar-refractivity contribution >= 4 is 11.8 Å². The van der Waals surface area contributed by atoms with Crippen LogP contribution >= 0.6 is 0 Å². The van der Waals surface area contributed by atoms with Crippen molar-refractivity contribution in [3.63, 3.8) is 0 Å². The molecule has 0 bridgehead atoms. The number of rotatable bonds is 11. The second-order valence-corrected chi connectivity index (χ2v) is 8.80. The zero-order chi connectivity index (χ0) is 25.2. The van der Waals surface area contributed by atoms with Crippen LogP contribution in [0.4, 0.5) is 4.39 Å². The van der Waals surface area contributed by atoms with Gasteiger partial charge >= 0.3 is 0 Å². The number of carbonyl (C=O) groups is 2. The lowest BCUT2D eigenvalue weighted by Gasteiger charge is -2.32. The molecule has 0 aliphatic carbocycles. The van der Waals surface area contributed by atoms with Crippen molar-refractivity contribution in [3.05, 3.63) is 101 Å². The molecule has 0 saturated carbocycles. The van der Waals surface area contributed by atoms with Gasteiger partial charge in [0, 0.05) is 19.0 Å². The minimum absolute atomic E-state index is 0.0862. The first-order chi connectivity index (χ1) is 16.9. The van der Waals surface area contributed by atoms with E-state index in [-0.39, 0.29) is 36.8 Å². The first-order valence-corrected chi connectivity index (χ1v) is 12.0. The highest BCUT2D eigenvalue weighted by Crippen LogP contribution is 2.17. The molecule has 2 amide bonds. The third kappa shape index (κ3) is 7.95. The van der Waals surface area contributed by atoms with Crippen LogP contribution < -0.4 is 10.1 Å². The van der Waals surface area contributed by atoms with Crippen LogP contribution in [0, 0.1) is 5.82 Å². The summed E-state index contributed by atoms with van der Waals surface area (Å²) < 4.78 is 19.3. The van der Waals surface area contributed by atoms with E-state index in [4.69, 9.17) is 4.74 Å². The van der Waals surface area contributed by atoms with E-state index in [9.17, 15) is 14.0 Å². The summed E-state index contributed by atoms with van der Waals surface area (Å²) in [6.07, 6.45) is 1.26. The van der Waals surface area contributed by atoms with Crippen LogP contribution in [0.5, 0.6) is 5.75 Å². The molecule has 0 fully saturated rings. The molecule has 1 N–H and O–H groups in total. The number of nitrogens with one attached hydrogen (secondary N) is 1. The molecule has 0 radical (unpaired) electrons. The standard InChI is InChI=1S/C29H33FN2O3/c1-4-22-12-16-26(17-13-22)35-20-28(33)32(19-24-10-14-25(30)15-11-24)27(29(34)31-21(2)3)18-23-8-6-5-7-9-23/h5-17,21,27H,4,18-20H2,1-3H3,(H,31,34)/t27-/m0/s1. The molecule has 1 atom stereocenters. The number of hydrogen-bond acceptors (Lipinski definition) is 3. The summed E-state index contributed by atoms with van der Waals surface area (Å²) in [7, 11) is 0. The van der Waals surface area contributed by atoms with Crippen molar-refractivity contribution in [2.24, 2.45) is 0 Å². The lowest BCUT2D eigenvalue weighted by Crippen LogP contribution is -2.52. The fourth-order valence-electron chi connectivity index (χ4n) is 3.77. The van der Waals surface area contributed by atoms with Crippen LogP contribution in [0.25, 0.3) is 0 Å². The van der Waals surface area contributed by atoms with E-state index in [1.807, 2.05) is 68.4 Å². The average Bonchev–Trinajstić information content (AvgIpc) is 2.86. The summed E-state index contributed by atoms with van der Waals surface area (Å²) in [5.74, 6) is -0.340. The van der Waals surface area contributed by atoms with Gasteiger partial charge in [0.05, 0.1) is 0 Å². The molecule has 5 nitrogen and oxygen atoms in total. The number of ether oxygens (including phenoxy) is 1. The van der Waals surface area contributed by atoms with Crippen molar-refractivity contribution < 1.29 is 18.7 Å². The number of hydrogen-bond donors (Lipinski definition) is 1. The van der Waals surface area contributed by atoms with Crippen molar-refractivity contribution in [1.82, 2.24) is 10.2 Å². The van der Waals surface area contributed by atoms with Gasteiger partial charge in [0.1, 0.15) is 17.6 Å². The summed E-state index contributed by atoms with van der Waals surface area (Å²) >= 11 is 0. The minimum atomic E-state index is -0.761. The second kappa shape index (κ2) is 12.7. The Kier molecular flexibility index (Phi) is 9.41. The third-order valence-corrected chi connectivity index (χ3v) is 5.66. The van der Waals surface area contributed by atoms with Crippen molar-refractivity contribution in [2.45, 2.75) is 52.2 Å². The van der Waals surface area contributed by atoms with Crippen molar-refractivity contribution in [1.29, 1.82) is 0 Å². The molecule has 0 saturated heterocycles. The number of carbonyl (C=O) groups excluding carboxylic acids is 2. The molecule has 0 unspecified atom stereocenters. The quantitative estimate of drug-likeness (QED) is 0.427. The molecular formula is C29H33FN2O3. The summed E-state index contributed by atoms with van der Waals surface area (Å²) in [6, 6.07) is 22.3. The van der Waals surface area contributed by atoms with Crippen LogP contribution in [-0.4, -0.2) is 35.4 Å². The summed E-state index contributed by atoms with van der Waals surface area (Å²) in [6.45, 7) is 5.77. The van der Waals surface area contributed by atoms with Gasteiger partial charge in [-0.05, 0) is 61.2 Å². The number of nitrogens with zero attached hydrogens (tertiary/aromatic N) is 1. The zero-order valence-corrected chi connectivity index (χ0v) is 20.5. The first-order valence-electron chi connectivity index (χ1n) is 12.0. The Hall–Kier alpha value is -3.67. The van der Waals surface area contributed by atoms with Gasteiger partial charge < -0.3 is 15.0 Å². The van der Waals surface area contributed by atoms with Gasteiger partial charge in [-0.15, -0.1) is 0 Å². The summed E-state index contributed by atoms with van der Waals surface area (Å²) in [4.78, 5) is 28.3. The van der Waals surface area contributed by atoms with E-state index in [0.29, 0.717) is 12.2 Å². The summed E-state index contributed by atoms with van der Waals surface area (Å²) in [5.41, 5.74) is 2.83. The lowest BCUT2D eigenvalue weighted by molar-refractivity contribution is -0.143. The van der Waals surface area contributed by atoms with Gasteiger partial charge in [0.2, 0.25) is 5.91 Å². The van der Waals surface area contributed by atoms with Gasteiger partial charge in [-0.3, -0.25) is 9.59 Å². The summed E-state index contributed by atoms with van der Waals surface area (Å²) in [5, 5.41) is 2.95. The molecule has 3 aromatic rings. The smallest absolute Gasteiger partial charge is 0.261 e. The SMILES string of the molecule is CCc1ccc(OCC(=O)N(Cc2ccc(F)cc2)[C@@H](Cc2ccccc2)C(=O)NC(C)C)cc1. The maximum absolute atomic E-state index is 13.5. The average molecular weight is 477 g/mol. The Morgan fingerprint density at radius 1 is 0.886 bits per heavy atom. The number of aryl methyl sites for hydroxylation is 1. The maximum atomic E-state index is 13.5. The van der Waals surface area contributed by atoms with E-state index in [1.165, 1.54) is 22.6 Å². The molecule has 6 heteroatoms. The van der Waals surface area contributed by atoms with Crippen LogP contribution in [0.1, 0.15) is 37.5 Å². The number of halogens is 1. The van der Waals surface area contributed by atoms with Gasteiger partial charge in [0.25, 0.3) is 5.91 Å². The van der Waals surface area contributed by atoms with Gasteiger partial charge in [-0.1, -0.05) is 61.5 Å². The van der Waals surface area contributed by atoms with E-state index in [1.54, 1.807) is 12.1 Å². The molecule has 3 aromatic carbocycles. The van der Waals surface area contributed by atoms with E-state index >= 15 is 0 Å². The van der Waals surface area contributed by atoms with Gasteiger partial charge in [-0.2, -0.15) is 0 Å². The van der Waals surface area contributed by atoms with Crippen molar-refractivity contribution in [2.75, 3.05) is 6.61 Å². The minimum Gasteiger partial charge on any atom is -0.484 e. The fraction of sp³-hybridized carbons (Fsp3) is 0.310. The van der Waals surface area contributed by atoms with Crippen LogP contribution in [-0.2, 0) is 29.0 Å². The number of benzene rings is 3. The monoisotopic (exact) mass is 476 g/mol. The maximum Gasteiger partial charge on any atom is 0.261 e. The molecule has 3 rings (SSSR count). The van der Waals surface area contributed by atoms with Gasteiger partial charge in [0.15, 0.2) is 6.61 Å². The van der Waals surface area contributed by atoms with Crippen LogP contribution in [0.3, 0.4) is 0 Å². The molecule has 0 heterocycles. The van der Waals surface area contributed by atoms with Crippen LogP contribution in [0.2, 0.25) is 0 Å². The molecule has 184 valence electrons. The predicted molar refractivity (Wildman–Crippen MR) is 135 cm³/mol. The highest BCUT2D eigenvalue weighted by Gasteiger charge is 2.31. The lowest BCUT2D eigenvalue weighted by atomic mass is 10.0. The molecule has 35 heavy (non-hydrogen) atoms.